The van der Waals surface area contributed by atoms with Crippen LogP contribution in [0.3, 0.4) is 0 Å². The summed E-state index contributed by atoms with van der Waals surface area (Å²) in [5.74, 6) is -0.0116. The van der Waals surface area contributed by atoms with Crippen molar-refractivity contribution in [1.29, 1.82) is 0 Å². The normalized spacial score (nSPS) is 11.7. The number of nitrogens with two attached hydrogens (primary N) is 1. The molecule has 2 aromatic rings. The first-order valence-corrected chi connectivity index (χ1v) is 8.81. The molecule has 0 amide bonds. The molecule has 1 aromatic carbocycles. The monoisotopic (exact) mass is 310 g/mol. The minimum absolute atomic E-state index is 0.0116. The summed E-state index contributed by atoms with van der Waals surface area (Å²) >= 11 is 1.56. The van der Waals surface area contributed by atoms with Gasteiger partial charge in [0.2, 0.25) is 10.0 Å². The van der Waals surface area contributed by atoms with Crippen LogP contribution in [0.15, 0.2) is 35.7 Å². The lowest BCUT2D eigenvalue weighted by Gasteiger charge is -2.07. The summed E-state index contributed by atoms with van der Waals surface area (Å²) < 4.78 is 26.7. The van der Waals surface area contributed by atoms with Crippen molar-refractivity contribution < 1.29 is 8.42 Å². The molecule has 2 rings (SSSR count). The lowest BCUT2D eigenvalue weighted by atomic mass is 10.1. The third-order valence-electron chi connectivity index (χ3n) is 3.04. The number of sulfonamides is 1. The van der Waals surface area contributed by atoms with Gasteiger partial charge in [-0.3, -0.25) is 0 Å². The quantitative estimate of drug-likeness (QED) is 0.858. The molecule has 0 spiro atoms. The minimum Gasteiger partial charge on any atom is -0.326 e. The van der Waals surface area contributed by atoms with Crippen molar-refractivity contribution in [3.63, 3.8) is 0 Å². The summed E-state index contributed by atoms with van der Waals surface area (Å²) in [5.41, 5.74) is 8.38. The van der Waals surface area contributed by atoms with Gasteiger partial charge in [0.25, 0.3) is 0 Å². The molecule has 108 valence electrons. The highest BCUT2D eigenvalue weighted by Gasteiger charge is 2.12. The van der Waals surface area contributed by atoms with Gasteiger partial charge >= 0.3 is 0 Å². The zero-order chi connectivity index (χ0) is 14.6. The summed E-state index contributed by atoms with van der Waals surface area (Å²) in [6.45, 7) is 2.79. The van der Waals surface area contributed by atoms with Gasteiger partial charge in [-0.2, -0.15) is 0 Å². The van der Waals surface area contributed by atoms with E-state index in [9.17, 15) is 8.42 Å². The standard InChI is InChI=1S/C14H18N2O2S2/c1-11-6-7-19-14(11)9-16-20(17,18)10-13-4-2-12(8-15)3-5-13/h2-7,16H,8-10,15H2,1H3. The summed E-state index contributed by atoms with van der Waals surface area (Å²) in [6, 6.07) is 9.30. The van der Waals surface area contributed by atoms with Crippen LogP contribution in [0.2, 0.25) is 0 Å². The van der Waals surface area contributed by atoms with Crippen LogP contribution in [0.4, 0.5) is 0 Å². The lowest BCUT2D eigenvalue weighted by Crippen LogP contribution is -2.24. The van der Waals surface area contributed by atoms with Gasteiger partial charge in [0.05, 0.1) is 5.75 Å². The fraction of sp³-hybridized carbons (Fsp3) is 0.286. The van der Waals surface area contributed by atoms with Gasteiger partial charge in [-0.1, -0.05) is 24.3 Å². The Balaban J connectivity index is 1.98. The van der Waals surface area contributed by atoms with Crippen molar-refractivity contribution in [3.05, 3.63) is 57.3 Å². The van der Waals surface area contributed by atoms with E-state index in [1.54, 1.807) is 23.5 Å². The lowest BCUT2D eigenvalue weighted by molar-refractivity contribution is 0.581. The van der Waals surface area contributed by atoms with Crippen molar-refractivity contribution in [1.82, 2.24) is 4.72 Å². The fourth-order valence-corrected chi connectivity index (χ4v) is 3.84. The topological polar surface area (TPSA) is 72.2 Å². The SMILES string of the molecule is Cc1ccsc1CNS(=O)(=O)Cc1ccc(CN)cc1. The number of benzene rings is 1. The van der Waals surface area contributed by atoms with E-state index >= 15 is 0 Å². The Hall–Kier alpha value is -1.21. The molecule has 1 aromatic heterocycles. The van der Waals surface area contributed by atoms with Crippen LogP contribution in [0, 0.1) is 6.92 Å². The molecule has 0 aliphatic heterocycles. The molecule has 0 aliphatic rings. The van der Waals surface area contributed by atoms with E-state index < -0.39 is 10.0 Å². The molecular formula is C14H18N2O2S2. The van der Waals surface area contributed by atoms with Crippen molar-refractivity contribution in [2.45, 2.75) is 25.8 Å². The maximum atomic E-state index is 12.0. The smallest absolute Gasteiger partial charge is 0.216 e. The molecule has 0 unspecified atom stereocenters. The third kappa shape index (κ3) is 4.14. The second kappa shape index (κ2) is 6.49. The second-order valence-corrected chi connectivity index (χ2v) is 7.44. The molecule has 0 aliphatic carbocycles. The van der Waals surface area contributed by atoms with E-state index in [0.717, 1.165) is 21.6 Å². The number of thiophene rings is 1. The Morgan fingerprint density at radius 2 is 1.80 bits per heavy atom. The van der Waals surface area contributed by atoms with Gasteiger partial charge < -0.3 is 5.73 Å². The summed E-state index contributed by atoms with van der Waals surface area (Å²) in [6.07, 6.45) is 0. The summed E-state index contributed by atoms with van der Waals surface area (Å²) in [4.78, 5) is 1.05. The molecule has 0 atom stereocenters. The van der Waals surface area contributed by atoms with Gasteiger partial charge in [0.15, 0.2) is 0 Å². The van der Waals surface area contributed by atoms with Gasteiger partial charge in [0, 0.05) is 18.0 Å². The van der Waals surface area contributed by atoms with Crippen LogP contribution < -0.4 is 10.5 Å². The number of hydrogen-bond donors (Lipinski definition) is 2. The molecule has 4 nitrogen and oxygen atoms in total. The molecule has 0 radical (unpaired) electrons. The number of rotatable bonds is 6. The van der Waals surface area contributed by atoms with Crippen LogP contribution in [-0.2, 0) is 28.9 Å². The predicted octanol–water partition coefficient (Wildman–Crippen LogP) is 2.13. The Labute approximate surface area is 123 Å². The van der Waals surface area contributed by atoms with E-state index in [0.29, 0.717) is 13.1 Å². The van der Waals surface area contributed by atoms with Gasteiger partial charge in [0.1, 0.15) is 0 Å². The average molecular weight is 310 g/mol. The molecular weight excluding hydrogens is 292 g/mol. The molecule has 0 fully saturated rings. The van der Waals surface area contributed by atoms with Crippen molar-refractivity contribution in [2.24, 2.45) is 5.73 Å². The van der Waals surface area contributed by atoms with Crippen molar-refractivity contribution >= 4 is 21.4 Å². The second-order valence-electron chi connectivity index (χ2n) is 4.63. The van der Waals surface area contributed by atoms with Crippen LogP contribution in [0.25, 0.3) is 0 Å². The van der Waals surface area contributed by atoms with E-state index in [1.807, 2.05) is 30.5 Å². The van der Waals surface area contributed by atoms with Crippen molar-refractivity contribution in [3.8, 4) is 0 Å². The van der Waals surface area contributed by atoms with E-state index in [2.05, 4.69) is 4.72 Å². The maximum absolute atomic E-state index is 12.0. The Morgan fingerprint density at radius 1 is 1.15 bits per heavy atom. The van der Waals surface area contributed by atoms with Crippen LogP contribution in [-0.4, -0.2) is 8.42 Å². The van der Waals surface area contributed by atoms with Gasteiger partial charge in [-0.15, -0.1) is 11.3 Å². The Morgan fingerprint density at radius 3 is 2.35 bits per heavy atom. The Bertz CT molecular complexity index is 661. The first kappa shape index (κ1) is 15.2. The molecule has 0 saturated carbocycles. The summed E-state index contributed by atoms with van der Waals surface area (Å²) in [7, 11) is -3.32. The highest BCUT2D eigenvalue weighted by Crippen LogP contribution is 2.16. The molecule has 20 heavy (non-hydrogen) atoms. The first-order chi connectivity index (χ1) is 9.50. The van der Waals surface area contributed by atoms with Gasteiger partial charge in [-0.25, -0.2) is 13.1 Å². The molecule has 0 bridgehead atoms. The van der Waals surface area contributed by atoms with E-state index in [4.69, 9.17) is 5.73 Å². The highest BCUT2D eigenvalue weighted by atomic mass is 32.2. The predicted molar refractivity (Wildman–Crippen MR) is 82.9 cm³/mol. The zero-order valence-corrected chi connectivity index (χ0v) is 12.9. The van der Waals surface area contributed by atoms with Crippen LogP contribution in [0.1, 0.15) is 21.6 Å². The Kier molecular flexibility index (Phi) is 4.93. The van der Waals surface area contributed by atoms with Crippen LogP contribution in [0.5, 0.6) is 0 Å². The fourth-order valence-electron chi connectivity index (χ4n) is 1.80. The van der Waals surface area contributed by atoms with Crippen molar-refractivity contribution in [2.75, 3.05) is 0 Å². The van der Waals surface area contributed by atoms with Crippen LogP contribution >= 0.6 is 11.3 Å². The van der Waals surface area contributed by atoms with Gasteiger partial charge in [-0.05, 0) is 35.1 Å². The number of aryl methyl sites for hydroxylation is 1. The van der Waals surface area contributed by atoms with E-state index in [1.165, 1.54) is 0 Å². The molecule has 0 saturated heterocycles. The average Bonchev–Trinajstić information content (AvgIpc) is 2.83. The third-order valence-corrected chi connectivity index (χ3v) is 5.36. The maximum Gasteiger partial charge on any atom is 0.216 e. The first-order valence-electron chi connectivity index (χ1n) is 6.28. The molecule has 6 heteroatoms. The molecule has 3 N–H and O–H groups in total. The molecule has 1 heterocycles. The largest absolute Gasteiger partial charge is 0.326 e. The number of nitrogens with one attached hydrogen (secondary N) is 1. The number of hydrogen-bond acceptors (Lipinski definition) is 4. The zero-order valence-electron chi connectivity index (χ0n) is 11.3. The van der Waals surface area contributed by atoms with E-state index in [-0.39, 0.29) is 5.75 Å². The minimum atomic E-state index is -3.32. The highest BCUT2D eigenvalue weighted by molar-refractivity contribution is 7.88. The summed E-state index contributed by atoms with van der Waals surface area (Å²) in [5, 5.41) is 1.96.